The summed E-state index contributed by atoms with van der Waals surface area (Å²) < 4.78 is 4.75. The second-order valence-electron chi connectivity index (χ2n) is 3.98. The van der Waals surface area contributed by atoms with E-state index in [1.807, 2.05) is 36.4 Å². The minimum Gasteiger partial charge on any atom is -0.465 e. The van der Waals surface area contributed by atoms with E-state index in [0.717, 1.165) is 11.3 Å². The highest BCUT2D eigenvalue weighted by Gasteiger charge is 2.10. The Labute approximate surface area is 117 Å². The van der Waals surface area contributed by atoms with Gasteiger partial charge in [-0.25, -0.2) is 4.79 Å². The Bertz CT molecular complexity index is 584. The van der Waals surface area contributed by atoms with Gasteiger partial charge < -0.3 is 10.1 Å². The summed E-state index contributed by atoms with van der Waals surface area (Å²) in [5, 5.41) is 3.90. The predicted molar refractivity (Wildman–Crippen MR) is 76.6 cm³/mol. The van der Waals surface area contributed by atoms with E-state index in [-0.39, 0.29) is 5.97 Å². The molecule has 98 valence electrons. The molecule has 2 rings (SSSR count). The van der Waals surface area contributed by atoms with Crippen LogP contribution in [0, 0.1) is 0 Å². The van der Waals surface area contributed by atoms with Gasteiger partial charge in [0.1, 0.15) is 0 Å². The molecule has 0 aliphatic heterocycles. The first kappa shape index (κ1) is 13.4. The Hall–Kier alpha value is -2.00. The van der Waals surface area contributed by atoms with E-state index in [0.29, 0.717) is 17.1 Å². The SMILES string of the molecule is COC(=O)c1ccccc1NCc1ccccc1Cl. The number of para-hydroxylation sites is 1. The van der Waals surface area contributed by atoms with E-state index >= 15 is 0 Å². The second-order valence-corrected chi connectivity index (χ2v) is 4.39. The predicted octanol–water partition coefficient (Wildman–Crippen LogP) is 3.74. The summed E-state index contributed by atoms with van der Waals surface area (Å²) in [5.74, 6) is -0.359. The number of halogens is 1. The highest BCUT2D eigenvalue weighted by molar-refractivity contribution is 6.31. The molecule has 3 nitrogen and oxygen atoms in total. The maximum Gasteiger partial charge on any atom is 0.339 e. The number of hydrogen-bond donors (Lipinski definition) is 1. The van der Waals surface area contributed by atoms with E-state index < -0.39 is 0 Å². The van der Waals surface area contributed by atoms with Crippen LogP contribution in [0.5, 0.6) is 0 Å². The molecule has 0 unspecified atom stereocenters. The molecule has 0 bridgehead atoms. The van der Waals surface area contributed by atoms with Gasteiger partial charge in [0.25, 0.3) is 0 Å². The first-order chi connectivity index (χ1) is 9.22. The lowest BCUT2D eigenvalue weighted by molar-refractivity contribution is 0.0602. The van der Waals surface area contributed by atoms with Crippen molar-refractivity contribution in [2.24, 2.45) is 0 Å². The number of benzene rings is 2. The number of esters is 1. The fraction of sp³-hybridized carbons (Fsp3) is 0.133. The minimum absolute atomic E-state index is 0.359. The number of ether oxygens (including phenoxy) is 1. The molecule has 0 aliphatic rings. The Balaban J connectivity index is 2.16. The molecular formula is C15H14ClNO2. The van der Waals surface area contributed by atoms with Crippen LogP contribution in [0.25, 0.3) is 0 Å². The van der Waals surface area contributed by atoms with Gasteiger partial charge in [0.15, 0.2) is 0 Å². The molecular weight excluding hydrogens is 262 g/mol. The summed E-state index contributed by atoms with van der Waals surface area (Å²) in [6.45, 7) is 0.549. The van der Waals surface area contributed by atoms with Crippen molar-refractivity contribution < 1.29 is 9.53 Å². The van der Waals surface area contributed by atoms with Gasteiger partial charge in [0.05, 0.1) is 12.7 Å². The summed E-state index contributed by atoms with van der Waals surface area (Å²) in [6.07, 6.45) is 0. The van der Waals surface area contributed by atoms with Crippen molar-refractivity contribution in [3.8, 4) is 0 Å². The molecule has 0 saturated heterocycles. The third kappa shape index (κ3) is 3.26. The van der Waals surface area contributed by atoms with Crippen LogP contribution in [0.15, 0.2) is 48.5 Å². The van der Waals surface area contributed by atoms with Crippen molar-refractivity contribution in [3.63, 3.8) is 0 Å². The smallest absolute Gasteiger partial charge is 0.339 e. The lowest BCUT2D eigenvalue weighted by Gasteiger charge is -2.11. The lowest BCUT2D eigenvalue weighted by Crippen LogP contribution is -2.08. The third-order valence-corrected chi connectivity index (χ3v) is 3.13. The number of hydrogen-bond acceptors (Lipinski definition) is 3. The number of nitrogens with one attached hydrogen (secondary N) is 1. The van der Waals surface area contributed by atoms with E-state index in [4.69, 9.17) is 16.3 Å². The first-order valence-electron chi connectivity index (χ1n) is 5.87. The van der Waals surface area contributed by atoms with Crippen LogP contribution in [0.3, 0.4) is 0 Å². The molecule has 2 aromatic rings. The maximum atomic E-state index is 11.6. The van der Waals surface area contributed by atoms with Gasteiger partial charge in [-0.3, -0.25) is 0 Å². The molecule has 0 aliphatic carbocycles. The zero-order valence-electron chi connectivity index (χ0n) is 10.5. The average molecular weight is 276 g/mol. The molecule has 0 fully saturated rings. The third-order valence-electron chi connectivity index (χ3n) is 2.76. The highest BCUT2D eigenvalue weighted by Crippen LogP contribution is 2.20. The minimum atomic E-state index is -0.359. The van der Waals surface area contributed by atoms with Crippen molar-refractivity contribution >= 4 is 23.3 Å². The van der Waals surface area contributed by atoms with Crippen LogP contribution in [-0.2, 0) is 11.3 Å². The molecule has 0 saturated carbocycles. The van der Waals surface area contributed by atoms with Crippen LogP contribution >= 0.6 is 11.6 Å². The molecule has 0 aromatic heterocycles. The van der Waals surface area contributed by atoms with Crippen molar-refractivity contribution in [2.45, 2.75) is 6.54 Å². The summed E-state index contributed by atoms with van der Waals surface area (Å²) >= 11 is 6.09. The topological polar surface area (TPSA) is 38.3 Å². The Morgan fingerprint density at radius 3 is 2.58 bits per heavy atom. The summed E-state index contributed by atoms with van der Waals surface area (Å²) in [4.78, 5) is 11.6. The normalized spacial score (nSPS) is 10.0. The van der Waals surface area contributed by atoms with Gasteiger partial charge in [-0.15, -0.1) is 0 Å². The summed E-state index contributed by atoms with van der Waals surface area (Å²) in [6, 6.07) is 14.8. The molecule has 0 radical (unpaired) electrons. The fourth-order valence-electron chi connectivity index (χ4n) is 1.76. The van der Waals surface area contributed by atoms with Gasteiger partial charge in [-0.05, 0) is 23.8 Å². The largest absolute Gasteiger partial charge is 0.465 e. The zero-order chi connectivity index (χ0) is 13.7. The van der Waals surface area contributed by atoms with E-state index in [2.05, 4.69) is 5.32 Å². The summed E-state index contributed by atoms with van der Waals surface area (Å²) in [7, 11) is 1.37. The molecule has 0 amide bonds. The fourth-order valence-corrected chi connectivity index (χ4v) is 1.96. The van der Waals surface area contributed by atoms with Gasteiger partial charge in [-0.2, -0.15) is 0 Å². The van der Waals surface area contributed by atoms with E-state index in [9.17, 15) is 4.79 Å². The standard InChI is InChI=1S/C15H14ClNO2/c1-19-15(18)12-7-3-5-9-14(12)17-10-11-6-2-4-8-13(11)16/h2-9,17H,10H2,1H3. The number of methoxy groups -OCH3 is 1. The monoisotopic (exact) mass is 275 g/mol. The van der Waals surface area contributed by atoms with Gasteiger partial charge >= 0.3 is 5.97 Å². The Kier molecular flexibility index (Phi) is 4.42. The van der Waals surface area contributed by atoms with Crippen molar-refractivity contribution in [3.05, 3.63) is 64.7 Å². The number of rotatable bonds is 4. The molecule has 0 atom stereocenters. The van der Waals surface area contributed by atoms with E-state index in [1.54, 1.807) is 12.1 Å². The van der Waals surface area contributed by atoms with E-state index in [1.165, 1.54) is 7.11 Å². The van der Waals surface area contributed by atoms with Gasteiger partial charge in [-0.1, -0.05) is 41.9 Å². The number of anilines is 1. The van der Waals surface area contributed by atoms with Crippen molar-refractivity contribution in [2.75, 3.05) is 12.4 Å². The van der Waals surface area contributed by atoms with Crippen LogP contribution in [-0.4, -0.2) is 13.1 Å². The Morgan fingerprint density at radius 1 is 1.16 bits per heavy atom. The second kappa shape index (κ2) is 6.25. The zero-order valence-corrected chi connectivity index (χ0v) is 11.3. The molecule has 2 aromatic carbocycles. The van der Waals surface area contributed by atoms with Crippen LogP contribution in [0.4, 0.5) is 5.69 Å². The maximum absolute atomic E-state index is 11.6. The first-order valence-corrected chi connectivity index (χ1v) is 6.25. The van der Waals surface area contributed by atoms with Crippen LogP contribution in [0.2, 0.25) is 5.02 Å². The van der Waals surface area contributed by atoms with Crippen LogP contribution in [0.1, 0.15) is 15.9 Å². The molecule has 0 spiro atoms. The summed E-state index contributed by atoms with van der Waals surface area (Å²) in [5.41, 5.74) is 2.22. The lowest BCUT2D eigenvalue weighted by atomic mass is 10.1. The van der Waals surface area contributed by atoms with Gasteiger partial charge in [0, 0.05) is 17.3 Å². The quantitative estimate of drug-likeness (QED) is 0.864. The Morgan fingerprint density at radius 2 is 1.84 bits per heavy atom. The van der Waals surface area contributed by atoms with Crippen molar-refractivity contribution in [1.29, 1.82) is 0 Å². The van der Waals surface area contributed by atoms with Crippen LogP contribution < -0.4 is 5.32 Å². The highest BCUT2D eigenvalue weighted by atomic mass is 35.5. The molecule has 0 heterocycles. The van der Waals surface area contributed by atoms with Gasteiger partial charge in [0.2, 0.25) is 0 Å². The molecule has 19 heavy (non-hydrogen) atoms. The molecule has 1 N–H and O–H groups in total. The number of carbonyl (C=O) groups is 1. The number of carbonyl (C=O) groups excluding carboxylic acids is 1. The van der Waals surface area contributed by atoms with Crippen molar-refractivity contribution in [1.82, 2.24) is 0 Å². The average Bonchev–Trinajstić information content (AvgIpc) is 2.46. The molecule has 4 heteroatoms.